The molecular weight excluding hydrogens is 388 g/mol. The molecule has 1 fully saturated rings. The molecular formula is C22H24N2O6. The van der Waals surface area contributed by atoms with Gasteiger partial charge in [-0.3, -0.25) is 14.4 Å². The summed E-state index contributed by atoms with van der Waals surface area (Å²) in [5.41, 5.74) is 1.20. The minimum absolute atomic E-state index is 0.111. The van der Waals surface area contributed by atoms with Crippen molar-refractivity contribution in [3.05, 3.63) is 48.0 Å². The lowest BCUT2D eigenvalue weighted by Gasteiger charge is -2.16. The number of benzene rings is 2. The number of amides is 2. The number of hydrogen-bond acceptors (Lipinski definition) is 6. The van der Waals surface area contributed by atoms with Crippen LogP contribution in [0.2, 0.25) is 0 Å². The van der Waals surface area contributed by atoms with Crippen LogP contribution in [0.1, 0.15) is 23.7 Å². The molecule has 1 aliphatic rings. The number of carbonyl (C=O) groups is 3. The smallest absolute Gasteiger partial charge is 0.309 e. The molecule has 0 aliphatic heterocycles. The summed E-state index contributed by atoms with van der Waals surface area (Å²) in [5.74, 6) is -0.328. The molecule has 1 aliphatic carbocycles. The number of esters is 1. The zero-order valence-corrected chi connectivity index (χ0v) is 17.1. The molecule has 0 heterocycles. The van der Waals surface area contributed by atoms with Crippen LogP contribution < -0.4 is 20.1 Å². The normalized spacial score (nSPS) is 16.9. The van der Waals surface area contributed by atoms with Crippen molar-refractivity contribution in [3.8, 4) is 11.5 Å². The van der Waals surface area contributed by atoms with Crippen molar-refractivity contribution in [2.45, 2.75) is 13.3 Å². The molecule has 2 atom stereocenters. The fraction of sp³-hybridized carbons (Fsp3) is 0.318. The van der Waals surface area contributed by atoms with Gasteiger partial charge in [-0.15, -0.1) is 0 Å². The molecule has 30 heavy (non-hydrogen) atoms. The second-order valence-corrected chi connectivity index (χ2v) is 7.05. The lowest BCUT2D eigenvalue weighted by Crippen LogP contribution is -2.22. The first-order chi connectivity index (χ1) is 14.4. The molecule has 0 bridgehead atoms. The van der Waals surface area contributed by atoms with Crippen molar-refractivity contribution >= 4 is 29.2 Å². The van der Waals surface area contributed by atoms with Crippen molar-refractivity contribution < 1.29 is 28.6 Å². The van der Waals surface area contributed by atoms with Gasteiger partial charge in [0.05, 0.1) is 31.5 Å². The van der Waals surface area contributed by atoms with Crippen molar-refractivity contribution in [3.63, 3.8) is 0 Å². The van der Waals surface area contributed by atoms with E-state index in [9.17, 15) is 14.4 Å². The first-order valence-corrected chi connectivity index (χ1v) is 9.51. The monoisotopic (exact) mass is 412 g/mol. The Balaban J connectivity index is 1.70. The van der Waals surface area contributed by atoms with E-state index < -0.39 is 5.91 Å². The van der Waals surface area contributed by atoms with Crippen LogP contribution in [0.25, 0.3) is 0 Å². The minimum atomic E-state index is -0.502. The molecule has 2 amide bonds. The highest BCUT2D eigenvalue weighted by Crippen LogP contribution is 2.39. The molecule has 3 rings (SSSR count). The SMILES string of the molecule is COc1cc(NC(=O)c2ccccc2)c(OC)cc1NC(=O)COC(=O)[C@@H]1C[C@@H]1C. The fourth-order valence-electron chi connectivity index (χ4n) is 2.96. The standard InChI is InChI=1S/C22H24N2O6/c1-13-9-15(13)22(27)30-12-20(25)23-16-10-19(29-3)17(11-18(16)28-2)24-21(26)14-7-5-4-6-8-14/h4-8,10-11,13,15H,9,12H2,1-3H3,(H,23,25)(H,24,26)/t13-,15+/m0/s1. The lowest BCUT2D eigenvalue weighted by atomic mass is 10.2. The van der Waals surface area contributed by atoms with Gasteiger partial charge in [-0.2, -0.15) is 0 Å². The van der Waals surface area contributed by atoms with Crippen LogP contribution in [0.15, 0.2) is 42.5 Å². The van der Waals surface area contributed by atoms with Gasteiger partial charge in [-0.05, 0) is 24.5 Å². The summed E-state index contributed by atoms with van der Waals surface area (Å²) < 4.78 is 15.7. The third kappa shape index (κ3) is 5.08. The Labute approximate surface area is 174 Å². The number of anilines is 2. The molecule has 0 radical (unpaired) electrons. The van der Waals surface area contributed by atoms with Gasteiger partial charge >= 0.3 is 5.97 Å². The van der Waals surface area contributed by atoms with E-state index in [0.29, 0.717) is 34.4 Å². The molecule has 8 nitrogen and oxygen atoms in total. The summed E-state index contributed by atoms with van der Waals surface area (Å²) in [4.78, 5) is 36.4. The molecule has 1 saturated carbocycles. The fourth-order valence-corrected chi connectivity index (χ4v) is 2.96. The van der Waals surface area contributed by atoms with E-state index in [4.69, 9.17) is 14.2 Å². The van der Waals surface area contributed by atoms with Crippen molar-refractivity contribution in [1.82, 2.24) is 0 Å². The molecule has 2 N–H and O–H groups in total. The van der Waals surface area contributed by atoms with Crippen LogP contribution in [0.4, 0.5) is 11.4 Å². The van der Waals surface area contributed by atoms with Gasteiger partial charge < -0.3 is 24.8 Å². The predicted octanol–water partition coefficient (Wildman–Crippen LogP) is 3.09. The molecule has 0 saturated heterocycles. The zero-order chi connectivity index (χ0) is 21.7. The lowest BCUT2D eigenvalue weighted by molar-refractivity contribution is -0.148. The van der Waals surface area contributed by atoms with Crippen LogP contribution in [0.3, 0.4) is 0 Å². The van der Waals surface area contributed by atoms with Crippen molar-refractivity contribution in [2.24, 2.45) is 11.8 Å². The maximum atomic E-state index is 12.5. The Bertz CT molecular complexity index is 944. The summed E-state index contributed by atoms with van der Waals surface area (Å²) >= 11 is 0. The van der Waals surface area contributed by atoms with Crippen LogP contribution in [0, 0.1) is 11.8 Å². The molecule has 8 heteroatoms. The molecule has 2 aromatic rings. The number of rotatable bonds is 8. The second kappa shape index (κ2) is 9.30. The summed E-state index contributed by atoms with van der Waals surface area (Å²) in [5, 5.41) is 5.41. The van der Waals surface area contributed by atoms with E-state index in [1.165, 1.54) is 20.3 Å². The van der Waals surface area contributed by atoms with E-state index in [0.717, 1.165) is 6.42 Å². The van der Waals surface area contributed by atoms with E-state index in [-0.39, 0.29) is 24.4 Å². The maximum absolute atomic E-state index is 12.5. The Morgan fingerprint density at radius 1 is 0.967 bits per heavy atom. The molecule has 0 aromatic heterocycles. The summed E-state index contributed by atoms with van der Waals surface area (Å²) in [6.07, 6.45) is 0.793. The molecule has 0 unspecified atom stereocenters. The summed E-state index contributed by atoms with van der Waals surface area (Å²) in [7, 11) is 2.89. The highest BCUT2D eigenvalue weighted by molar-refractivity contribution is 6.05. The van der Waals surface area contributed by atoms with Crippen LogP contribution in [0.5, 0.6) is 11.5 Å². The van der Waals surface area contributed by atoms with Gasteiger partial charge in [0.15, 0.2) is 6.61 Å². The van der Waals surface area contributed by atoms with Gasteiger partial charge in [0, 0.05) is 17.7 Å². The second-order valence-electron chi connectivity index (χ2n) is 7.05. The first kappa shape index (κ1) is 21.2. The topological polar surface area (TPSA) is 103 Å². The highest BCUT2D eigenvalue weighted by atomic mass is 16.5. The van der Waals surface area contributed by atoms with Gasteiger partial charge in [0.1, 0.15) is 11.5 Å². The summed E-state index contributed by atoms with van der Waals surface area (Å²) in [6, 6.07) is 11.8. The number of nitrogens with one attached hydrogen (secondary N) is 2. The largest absolute Gasteiger partial charge is 0.494 e. The van der Waals surface area contributed by atoms with Crippen molar-refractivity contribution in [1.29, 1.82) is 0 Å². The van der Waals surface area contributed by atoms with E-state index in [1.54, 1.807) is 30.3 Å². The van der Waals surface area contributed by atoms with Gasteiger partial charge in [0.25, 0.3) is 11.8 Å². The van der Waals surface area contributed by atoms with Crippen molar-refractivity contribution in [2.75, 3.05) is 31.5 Å². The Morgan fingerprint density at radius 3 is 2.07 bits per heavy atom. The zero-order valence-electron chi connectivity index (χ0n) is 17.1. The Hall–Kier alpha value is -3.55. The van der Waals surface area contributed by atoms with E-state index in [2.05, 4.69) is 10.6 Å². The van der Waals surface area contributed by atoms with Crippen LogP contribution >= 0.6 is 0 Å². The van der Waals surface area contributed by atoms with E-state index in [1.807, 2.05) is 13.0 Å². The van der Waals surface area contributed by atoms with Gasteiger partial charge in [-0.1, -0.05) is 25.1 Å². The summed E-state index contributed by atoms with van der Waals surface area (Å²) in [6.45, 7) is 1.57. The average molecular weight is 412 g/mol. The first-order valence-electron chi connectivity index (χ1n) is 9.51. The Morgan fingerprint density at radius 2 is 1.53 bits per heavy atom. The quantitative estimate of drug-likeness (QED) is 0.646. The average Bonchev–Trinajstić information content (AvgIpc) is 3.49. The third-order valence-electron chi connectivity index (χ3n) is 4.84. The van der Waals surface area contributed by atoms with Crippen LogP contribution in [-0.2, 0) is 14.3 Å². The van der Waals surface area contributed by atoms with Gasteiger partial charge in [-0.25, -0.2) is 0 Å². The third-order valence-corrected chi connectivity index (χ3v) is 4.84. The maximum Gasteiger partial charge on any atom is 0.309 e. The predicted molar refractivity (Wildman–Crippen MR) is 111 cm³/mol. The minimum Gasteiger partial charge on any atom is -0.494 e. The number of hydrogen-bond donors (Lipinski definition) is 2. The Kier molecular flexibility index (Phi) is 6.56. The molecule has 158 valence electrons. The molecule has 2 aromatic carbocycles. The van der Waals surface area contributed by atoms with Gasteiger partial charge in [0.2, 0.25) is 0 Å². The van der Waals surface area contributed by atoms with E-state index >= 15 is 0 Å². The number of ether oxygens (including phenoxy) is 3. The number of methoxy groups -OCH3 is 2. The molecule has 0 spiro atoms. The highest BCUT2D eigenvalue weighted by Gasteiger charge is 2.40. The number of carbonyl (C=O) groups excluding carboxylic acids is 3. The van der Waals surface area contributed by atoms with Crippen LogP contribution in [-0.4, -0.2) is 38.6 Å².